The van der Waals surface area contributed by atoms with Crippen molar-refractivity contribution in [3.8, 4) is 0 Å². The quantitative estimate of drug-likeness (QED) is 0.576. The Kier molecular flexibility index (Phi) is 6.63. The molecule has 0 saturated carbocycles. The van der Waals surface area contributed by atoms with Gasteiger partial charge in [-0.05, 0) is 26.7 Å². The van der Waals surface area contributed by atoms with Crippen LogP contribution in [0, 0.1) is 0 Å². The van der Waals surface area contributed by atoms with Gasteiger partial charge in [-0.15, -0.1) is 0 Å². The number of unbranched alkanes of at least 4 members (excludes halogenated alkanes) is 1. The summed E-state index contributed by atoms with van der Waals surface area (Å²) in [6, 6.07) is 0. The van der Waals surface area contributed by atoms with Crippen molar-refractivity contribution in [3.63, 3.8) is 0 Å². The van der Waals surface area contributed by atoms with Crippen LogP contribution in [-0.2, 0) is 4.74 Å². The van der Waals surface area contributed by atoms with Gasteiger partial charge in [0.1, 0.15) is 0 Å². The van der Waals surface area contributed by atoms with E-state index in [1.54, 1.807) is 0 Å². The van der Waals surface area contributed by atoms with Crippen LogP contribution in [0.15, 0.2) is 0 Å². The molecule has 0 spiro atoms. The van der Waals surface area contributed by atoms with Gasteiger partial charge in [0.15, 0.2) is 0 Å². The van der Waals surface area contributed by atoms with E-state index < -0.39 is 0 Å². The monoisotopic (exact) mass is 158 g/mol. The highest BCUT2D eigenvalue weighted by molar-refractivity contribution is 4.53. The molecule has 1 unspecified atom stereocenters. The van der Waals surface area contributed by atoms with Crippen molar-refractivity contribution in [2.75, 3.05) is 0 Å². The van der Waals surface area contributed by atoms with Crippen molar-refractivity contribution >= 4 is 0 Å². The molecule has 0 amide bonds. The fourth-order valence-corrected chi connectivity index (χ4v) is 1.05. The van der Waals surface area contributed by atoms with Gasteiger partial charge in [-0.25, -0.2) is 0 Å². The Balaban J connectivity index is 3.27. The third-order valence-electron chi connectivity index (χ3n) is 2.00. The van der Waals surface area contributed by atoms with Gasteiger partial charge >= 0.3 is 0 Å². The molecule has 0 aliphatic carbocycles. The predicted molar refractivity (Wildman–Crippen MR) is 49.8 cm³/mol. The van der Waals surface area contributed by atoms with Crippen LogP contribution in [-0.4, -0.2) is 12.2 Å². The molecule has 0 aliphatic rings. The molecule has 0 aliphatic heterocycles. The first-order valence-electron chi connectivity index (χ1n) is 4.86. The summed E-state index contributed by atoms with van der Waals surface area (Å²) in [5.74, 6) is 0. The van der Waals surface area contributed by atoms with Gasteiger partial charge in [-0.2, -0.15) is 0 Å². The molecule has 0 N–H and O–H groups in total. The Morgan fingerprint density at radius 2 is 1.73 bits per heavy atom. The second-order valence-electron chi connectivity index (χ2n) is 3.31. The van der Waals surface area contributed by atoms with Crippen molar-refractivity contribution in [2.24, 2.45) is 0 Å². The number of rotatable bonds is 6. The zero-order valence-electron chi connectivity index (χ0n) is 8.39. The van der Waals surface area contributed by atoms with Gasteiger partial charge in [0.05, 0.1) is 12.2 Å². The molecule has 0 heterocycles. The second-order valence-corrected chi connectivity index (χ2v) is 3.31. The highest BCUT2D eigenvalue weighted by Gasteiger charge is 2.05. The molecule has 0 saturated heterocycles. The molecule has 0 bridgehead atoms. The Labute approximate surface area is 71.1 Å². The van der Waals surface area contributed by atoms with Crippen LogP contribution in [0.4, 0.5) is 0 Å². The average Bonchev–Trinajstić information content (AvgIpc) is 2.00. The summed E-state index contributed by atoms with van der Waals surface area (Å²) in [5, 5.41) is 0. The van der Waals surface area contributed by atoms with Crippen molar-refractivity contribution in [1.29, 1.82) is 0 Å². The fourth-order valence-electron chi connectivity index (χ4n) is 1.05. The summed E-state index contributed by atoms with van der Waals surface area (Å²) in [6.45, 7) is 8.69. The van der Waals surface area contributed by atoms with E-state index >= 15 is 0 Å². The SMILES string of the molecule is CCCC[C@H](C)OC(C)CC. The number of hydrogen-bond donors (Lipinski definition) is 0. The lowest BCUT2D eigenvalue weighted by molar-refractivity contribution is 0.00157. The minimum absolute atomic E-state index is 0.432. The molecule has 0 radical (unpaired) electrons. The topological polar surface area (TPSA) is 9.23 Å². The van der Waals surface area contributed by atoms with Gasteiger partial charge in [0.2, 0.25) is 0 Å². The molecule has 11 heavy (non-hydrogen) atoms. The maximum Gasteiger partial charge on any atom is 0.0550 e. The largest absolute Gasteiger partial charge is 0.376 e. The summed E-state index contributed by atoms with van der Waals surface area (Å²) in [5.41, 5.74) is 0. The minimum atomic E-state index is 0.432. The van der Waals surface area contributed by atoms with Gasteiger partial charge in [-0.1, -0.05) is 26.7 Å². The maximum atomic E-state index is 5.70. The highest BCUT2D eigenvalue weighted by atomic mass is 16.5. The molecule has 2 atom stereocenters. The zero-order valence-corrected chi connectivity index (χ0v) is 8.39. The highest BCUT2D eigenvalue weighted by Crippen LogP contribution is 2.08. The smallest absolute Gasteiger partial charge is 0.0550 e. The van der Waals surface area contributed by atoms with Crippen molar-refractivity contribution in [1.82, 2.24) is 0 Å². The van der Waals surface area contributed by atoms with Crippen molar-refractivity contribution < 1.29 is 4.74 Å². The van der Waals surface area contributed by atoms with Gasteiger partial charge in [0.25, 0.3) is 0 Å². The van der Waals surface area contributed by atoms with Gasteiger partial charge in [0, 0.05) is 0 Å². The number of ether oxygens (including phenoxy) is 1. The van der Waals surface area contributed by atoms with E-state index in [4.69, 9.17) is 4.74 Å². The predicted octanol–water partition coefficient (Wildman–Crippen LogP) is 3.38. The maximum absolute atomic E-state index is 5.70. The normalized spacial score (nSPS) is 16.4. The van der Waals surface area contributed by atoms with E-state index in [9.17, 15) is 0 Å². The summed E-state index contributed by atoms with van der Waals surface area (Å²) in [4.78, 5) is 0. The molecular formula is C10H22O. The summed E-state index contributed by atoms with van der Waals surface area (Å²) >= 11 is 0. The Bertz CT molecular complexity index is 80.9. The molecule has 0 aromatic rings. The fraction of sp³-hybridized carbons (Fsp3) is 1.00. The van der Waals surface area contributed by atoms with Crippen LogP contribution in [0.3, 0.4) is 0 Å². The first-order chi connectivity index (χ1) is 5.20. The van der Waals surface area contributed by atoms with Crippen LogP contribution in [0.2, 0.25) is 0 Å². The molecule has 1 heteroatoms. The Morgan fingerprint density at radius 3 is 2.18 bits per heavy atom. The van der Waals surface area contributed by atoms with E-state index in [-0.39, 0.29) is 0 Å². The van der Waals surface area contributed by atoms with E-state index in [2.05, 4.69) is 27.7 Å². The summed E-state index contributed by atoms with van der Waals surface area (Å²) in [7, 11) is 0. The second kappa shape index (κ2) is 6.66. The third-order valence-corrected chi connectivity index (χ3v) is 2.00. The first kappa shape index (κ1) is 11.0. The van der Waals surface area contributed by atoms with E-state index in [1.165, 1.54) is 19.3 Å². The van der Waals surface area contributed by atoms with Crippen LogP contribution in [0.5, 0.6) is 0 Å². The zero-order chi connectivity index (χ0) is 8.69. The Morgan fingerprint density at radius 1 is 1.09 bits per heavy atom. The molecular weight excluding hydrogens is 136 g/mol. The lowest BCUT2D eigenvalue weighted by Gasteiger charge is -2.17. The van der Waals surface area contributed by atoms with Crippen LogP contribution in [0.1, 0.15) is 53.4 Å². The van der Waals surface area contributed by atoms with Crippen molar-refractivity contribution in [2.45, 2.75) is 65.6 Å². The standard InChI is InChI=1S/C10H22O/c1-5-7-8-10(4)11-9(3)6-2/h9-10H,5-8H2,1-4H3/t9?,10-/m0/s1. The summed E-state index contributed by atoms with van der Waals surface area (Å²) < 4.78 is 5.70. The van der Waals surface area contributed by atoms with E-state index in [1.807, 2.05) is 0 Å². The molecule has 0 fully saturated rings. The number of hydrogen-bond acceptors (Lipinski definition) is 1. The lowest BCUT2D eigenvalue weighted by Crippen LogP contribution is -2.15. The molecule has 0 aromatic heterocycles. The van der Waals surface area contributed by atoms with E-state index in [0.29, 0.717) is 12.2 Å². The lowest BCUT2D eigenvalue weighted by atomic mass is 10.2. The first-order valence-corrected chi connectivity index (χ1v) is 4.86. The average molecular weight is 158 g/mol. The summed E-state index contributed by atoms with van der Waals surface area (Å²) in [6.07, 6.45) is 5.77. The van der Waals surface area contributed by atoms with Crippen LogP contribution < -0.4 is 0 Å². The van der Waals surface area contributed by atoms with Crippen molar-refractivity contribution in [3.05, 3.63) is 0 Å². The molecule has 1 nitrogen and oxygen atoms in total. The molecule has 0 aromatic carbocycles. The Hall–Kier alpha value is -0.0400. The van der Waals surface area contributed by atoms with Crippen LogP contribution >= 0.6 is 0 Å². The molecule has 68 valence electrons. The van der Waals surface area contributed by atoms with Gasteiger partial charge < -0.3 is 4.74 Å². The van der Waals surface area contributed by atoms with E-state index in [0.717, 1.165) is 6.42 Å². The van der Waals surface area contributed by atoms with Crippen LogP contribution in [0.25, 0.3) is 0 Å². The van der Waals surface area contributed by atoms with Gasteiger partial charge in [-0.3, -0.25) is 0 Å². The minimum Gasteiger partial charge on any atom is -0.376 e. The molecule has 0 rings (SSSR count). The third kappa shape index (κ3) is 6.36.